The summed E-state index contributed by atoms with van der Waals surface area (Å²) in [5.41, 5.74) is 0.948. The highest BCUT2D eigenvalue weighted by Gasteiger charge is 2.21. The maximum Gasteiger partial charge on any atom is 0.315 e. The lowest BCUT2D eigenvalue weighted by Crippen LogP contribution is -2.43. The zero-order chi connectivity index (χ0) is 15.7. The summed E-state index contributed by atoms with van der Waals surface area (Å²) in [6, 6.07) is 3.50. The first-order valence-corrected chi connectivity index (χ1v) is 6.59. The zero-order valence-corrected chi connectivity index (χ0v) is 12.6. The maximum atomic E-state index is 12.1. The molecule has 2 amide bonds. The molecule has 0 aromatic carbocycles. The van der Waals surface area contributed by atoms with Crippen LogP contribution in [0.5, 0.6) is 0 Å². The van der Waals surface area contributed by atoms with Gasteiger partial charge in [-0.3, -0.25) is 9.59 Å². The van der Waals surface area contributed by atoms with Gasteiger partial charge in [-0.1, -0.05) is 0 Å². The van der Waals surface area contributed by atoms with E-state index in [0.717, 1.165) is 5.56 Å². The molecule has 0 radical (unpaired) electrons. The SMILES string of the molecule is COCCN(CCOC)C(=O)C(=O)Nc1cc(C)ccn1. The molecule has 7 nitrogen and oxygen atoms in total. The van der Waals surface area contributed by atoms with E-state index < -0.39 is 11.8 Å². The number of pyridine rings is 1. The van der Waals surface area contributed by atoms with Gasteiger partial charge in [0.25, 0.3) is 0 Å². The highest BCUT2D eigenvalue weighted by atomic mass is 16.5. The van der Waals surface area contributed by atoms with Crippen molar-refractivity contribution < 1.29 is 19.1 Å². The van der Waals surface area contributed by atoms with Gasteiger partial charge >= 0.3 is 11.8 Å². The van der Waals surface area contributed by atoms with Crippen LogP contribution in [-0.2, 0) is 19.1 Å². The summed E-state index contributed by atoms with van der Waals surface area (Å²) in [6.45, 7) is 3.24. The van der Waals surface area contributed by atoms with Gasteiger partial charge in [-0.05, 0) is 24.6 Å². The molecule has 1 aromatic rings. The monoisotopic (exact) mass is 295 g/mol. The minimum atomic E-state index is -0.722. The topological polar surface area (TPSA) is 80.8 Å². The molecule has 7 heteroatoms. The van der Waals surface area contributed by atoms with Gasteiger partial charge in [-0.2, -0.15) is 0 Å². The molecule has 0 aliphatic heterocycles. The normalized spacial score (nSPS) is 10.2. The van der Waals surface area contributed by atoms with Gasteiger partial charge in [0.2, 0.25) is 0 Å². The van der Waals surface area contributed by atoms with Crippen LogP contribution in [0.2, 0.25) is 0 Å². The largest absolute Gasteiger partial charge is 0.383 e. The molecule has 0 bridgehead atoms. The van der Waals surface area contributed by atoms with Crippen molar-refractivity contribution in [3.8, 4) is 0 Å². The van der Waals surface area contributed by atoms with E-state index >= 15 is 0 Å². The van der Waals surface area contributed by atoms with Crippen LogP contribution in [0.25, 0.3) is 0 Å². The van der Waals surface area contributed by atoms with Crippen molar-refractivity contribution in [3.05, 3.63) is 23.9 Å². The Labute approximate surface area is 124 Å². The lowest BCUT2D eigenvalue weighted by molar-refractivity contribution is -0.144. The molecule has 0 atom stereocenters. The number of carbonyl (C=O) groups is 2. The number of aryl methyl sites for hydroxylation is 1. The van der Waals surface area contributed by atoms with E-state index in [1.807, 2.05) is 6.92 Å². The van der Waals surface area contributed by atoms with Gasteiger partial charge in [0.15, 0.2) is 0 Å². The molecule has 21 heavy (non-hydrogen) atoms. The molecular formula is C14H21N3O4. The molecule has 0 aliphatic rings. The van der Waals surface area contributed by atoms with Gasteiger partial charge < -0.3 is 19.7 Å². The first-order chi connectivity index (χ1) is 10.1. The van der Waals surface area contributed by atoms with Gasteiger partial charge in [0.05, 0.1) is 13.2 Å². The highest BCUT2D eigenvalue weighted by Crippen LogP contribution is 2.05. The van der Waals surface area contributed by atoms with E-state index in [-0.39, 0.29) is 0 Å². The molecule has 0 saturated carbocycles. The summed E-state index contributed by atoms with van der Waals surface area (Å²) < 4.78 is 9.87. The Morgan fingerprint density at radius 2 is 1.86 bits per heavy atom. The van der Waals surface area contributed by atoms with Crippen LogP contribution in [0.3, 0.4) is 0 Å². The van der Waals surface area contributed by atoms with Crippen molar-refractivity contribution in [2.75, 3.05) is 45.8 Å². The van der Waals surface area contributed by atoms with E-state index in [1.165, 1.54) is 19.1 Å². The van der Waals surface area contributed by atoms with Crippen molar-refractivity contribution in [2.24, 2.45) is 0 Å². The number of anilines is 1. The number of hydrogen-bond donors (Lipinski definition) is 1. The number of nitrogens with zero attached hydrogens (tertiary/aromatic N) is 2. The molecule has 1 aromatic heterocycles. The van der Waals surface area contributed by atoms with E-state index in [9.17, 15) is 9.59 Å². The van der Waals surface area contributed by atoms with Gasteiger partial charge in [0.1, 0.15) is 5.82 Å². The number of hydrogen-bond acceptors (Lipinski definition) is 5. The number of carbonyl (C=O) groups excluding carboxylic acids is 2. The molecule has 0 fully saturated rings. The molecule has 0 aliphatic carbocycles. The van der Waals surface area contributed by atoms with Gasteiger partial charge in [-0.15, -0.1) is 0 Å². The summed E-state index contributed by atoms with van der Waals surface area (Å²) in [7, 11) is 3.07. The summed E-state index contributed by atoms with van der Waals surface area (Å²) >= 11 is 0. The molecule has 0 spiro atoms. The molecule has 1 heterocycles. The van der Waals surface area contributed by atoms with Crippen LogP contribution >= 0.6 is 0 Å². The van der Waals surface area contributed by atoms with Crippen LogP contribution in [0.15, 0.2) is 18.3 Å². The summed E-state index contributed by atoms with van der Waals surface area (Å²) in [5, 5.41) is 2.49. The average molecular weight is 295 g/mol. The van der Waals surface area contributed by atoms with Crippen molar-refractivity contribution in [1.82, 2.24) is 9.88 Å². The van der Waals surface area contributed by atoms with Crippen molar-refractivity contribution >= 4 is 17.6 Å². The van der Waals surface area contributed by atoms with Gasteiger partial charge in [-0.25, -0.2) is 4.98 Å². The van der Waals surface area contributed by atoms with E-state index in [0.29, 0.717) is 32.1 Å². The Kier molecular flexibility index (Phi) is 7.34. The summed E-state index contributed by atoms with van der Waals surface area (Å²) in [6.07, 6.45) is 1.57. The molecular weight excluding hydrogens is 274 g/mol. The van der Waals surface area contributed by atoms with Crippen LogP contribution in [0, 0.1) is 6.92 Å². The van der Waals surface area contributed by atoms with Crippen LogP contribution in [-0.4, -0.2) is 62.2 Å². The number of nitrogens with one attached hydrogen (secondary N) is 1. The predicted octanol–water partition coefficient (Wildman–Crippen LogP) is 0.450. The smallest absolute Gasteiger partial charge is 0.315 e. The minimum Gasteiger partial charge on any atom is -0.383 e. The molecule has 0 saturated heterocycles. The molecule has 1 N–H and O–H groups in total. The number of methoxy groups -OCH3 is 2. The second kappa shape index (κ2) is 9.04. The number of ether oxygens (including phenoxy) is 2. The third-order valence-corrected chi connectivity index (χ3v) is 2.77. The highest BCUT2D eigenvalue weighted by molar-refractivity contribution is 6.39. The Balaban J connectivity index is 2.65. The molecule has 116 valence electrons. The fraction of sp³-hybridized carbons (Fsp3) is 0.500. The van der Waals surface area contributed by atoms with Crippen molar-refractivity contribution in [3.63, 3.8) is 0 Å². The number of amides is 2. The van der Waals surface area contributed by atoms with Crippen LogP contribution in [0.1, 0.15) is 5.56 Å². The second-order valence-corrected chi connectivity index (χ2v) is 4.45. The fourth-order valence-corrected chi connectivity index (χ4v) is 1.64. The van der Waals surface area contributed by atoms with Crippen LogP contribution in [0.4, 0.5) is 5.82 Å². The maximum absolute atomic E-state index is 12.1. The Morgan fingerprint density at radius 3 is 2.38 bits per heavy atom. The lowest BCUT2D eigenvalue weighted by atomic mass is 10.3. The zero-order valence-electron chi connectivity index (χ0n) is 12.6. The standard InChI is InChI=1S/C14H21N3O4/c1-11-4-5-15-12(10-11)16-13(18)14(19)17(6-8-20-2)7-9-21-3/h4-5,10H,6-9H2,1-3H3,(H,15,16,18). The Hall–Kier alpha value is -1.99. The third kappa shape index (κ3) is 5.88. The van der Waals surface area contributed by atoms with Crippen molar-refractivity contribution in [1.29, 1.82) is 0 Å². The Bertz CT molecular complexity index is 471. The van der Waals surface area contributed by atoms with Crippen LogP contribution < -0.4 is 5.32 Å². The minimum absolute atomic E-state index is 0.327. The van der Waals surface area contributed by atoms with E-state index in [2.05, 4.69) is 10.3 Å². The first-order valence-electron chi connectivity index (χ1n) is 6.59. The number of aromatic nitrogens is 1. The Morgan fingerprint density at radius 1 is 1.24 bits per heavy atom. The average Bonchev–Trinajstić information content (AvgIpc) is 2.47. The fourth-order valence-electron chi connectivity index (χ4n) is 1.64. The molecule has 1 rings (SSSR count). The summed E-state index contributed by atoms with van der Waals surface area (Å²) in [5.74, 6) is -1.00. The van der Waals surface area contributed by atoms with E-state index in [4.69, 9.17) is 9.47 Å². The number of rotatable bonds is 7. The van der Waals surface area contributed by atoms with Gasteiger partial charge in [0, 0.05) is 33.5 Å². The predicted molar refractivity (Wildman–Crippen MR) is 77.9 cm³/mol. The second-order valence-electron chi connectivity index (χ2n) is 4.45. The third-order valence-electron chi connectivity index (χ3n) is 2.77. The molecule has 0 unspecified atom stereocenters. The lowest BCUT2D eigenvalue weighted by Gasteiger charge is -2.21. The summed E-state index contributed by atoms with van der Waals surface area (Å²) in [4.78, 5) is 29.5. The van der Waals surface area contributed by atoms with E-state index in [1.54, 1.807) is 18.3 Å². The van der Waals surface area contributed by atoms with Crippen molar-refractivity contribution in [2.45, 2.75) is 6.92 Å². The first kappa shape index (κ1) is 17.1. The quantitative estimate of drug-likeness (QED) is 0.739.